The van der Waals surface area contributed by atoms with Crippen LogP contribution in [0.3, 0.4) is 0 Å². The first-order valence-electron chi connectivity index (χ1n) is 7.67. The lowest BCUT2D eigenvalue weighted by molar-refractivity contribution is -0.149. The second kappa shape index (κ2) is 6.84. The van der Waals surface area contributed by atoms with Crippen LogP contribution in [0.5, 0.6) is 0 Å². The number of hydrogen-bond donors (Lipinski definition) is 1. The molecule has 2 N–H and O–H groups in total. The zero-order valence-electron chi connectivity index (χ0n) is 13.1. The second-order valence-electron chi connectivity index (χ2n) is 6.08. The van der Waals surface area contributed by atoms with Gasteiger partial charge in [-0.2, -0.15) is 0 Å². The molecule has 0 aromatic heterocycles. The fourth-order valence-electron chi connectivity index (χ4n) is 2.71. The molecule has 1 aromatic carbocycles. The monoisotopic (exact) mass is 307 g/mol. The summed E-state index contributed by atoms with van der Waals surface area (Å²) < 4.78 is 5.10. The quantitative estimate of drug-likeness (QED) is 0.842. The van der Waals surface area contributed by atoms with E-state index >= 15 is 0 Å². The standard InChI is InChI=1S/C17H25NO2S/c1-4-20-16(19)17(18)10-9-15(11-17)21-14-7-5-13(6-8-14)12(2)3/h5-8,12,15H,4,9-11,18H2,1-3H3. The van der Waals surface area contributed by atoms with Crippen molar-refractivity contribution in [2.75, 3.05) is 6.61 Å². The van der Waals surface area contributed by atoms with Crippen molar-refractivity contribution < 1.29 is 9.53 Å². The Morgan fingerprint density at radius 2 is 2.10 bits per heavy atom. The molecule has 1 aromatic rings. The lowest BCUT2D eigenvalue weighted by Gasteiger charge is -2.21. The van der Waals surface area contributed by atoms with Gasteiger partial charge in [0.2, 0.25) is 0 Å². The number of carbonyl (C=O) groups is 1. The third kappa shape index (κ3) is 4.01. The first-order valence-corrected chi connectivity index (χ1v) is 8.55. The highest BCUT2D eigenvalue weighted by molar-refractivity contribution is 8.00. The largest absolute Gasteiger partial charge is 0.465 e. The molecule has 1 saturated carbocycles. The molecule has 0 radical (unpaired) electrons. The van der Waals surface area contributed by atoms with Crippen LogP contribution in [0.1, 0.15) is 51.5 Å². The normalized spacial score (nSPS) is 25.3. The molecule has 0 saturated heterocycles. The Morgan fingerprint density at radius 3 is 2.67 bits per heavy atom. The number of esters is 1. The molecule has 0 amide bonds. The summed E-state index contributed by atoms with van der Waals surface area (Å²) in [6.45, 7) is 6.60. The van der Waals surface area contributed by atoms with E-state index in [4.69, 9.17) is 10.5 Å². The van der Waals surface area contributed by atoms with Crippen LogP contribution in [0.4, 0.5) is 0 Å². The molecular formula is C17H25NO2S. The van der Waals surface area contributed by atoms with E-state index in [2.05, 4.69) is 38.1 Å². The van der Waals surface area contributed by atoms with Crippen LogP contribution in [-0.4, -0.2) is 23.4 Å². The minimum absolute atomic E-state index is 0.247. The lowest BCUT2D eigenvalue weighted by atomic mass is 10.00. The van der Waals surface area contributed by atoms with Crippen molar-refractivity contribution in [2.24, 2.45) is 5.73 Å². The van der Waals surface area contributed by atoms with Crippen LogP contribution in [0, 0.1) is 0 Å². The smallest absolute Gasteiger partial charge is 0.326 e. The van der Waals surface area contributed by atoms with E-state index in [1.807, 2.05) is 18.7 Å². The van der Waals surface area contributed by atoms with E-state index in [0.29, 0.717) is 30.6 Å². The molecule has 2 atom stereocenters. The van der Waals surface area contributed by atoms with E-state index < -0.39 is 5.54 Å². The molecular weight excluding hydrogens is 282 g/mol. The minimum Gasteiger partial charge on any atom is -0.465 e. The SMILES string of the molecule is CCOC(=O)C1(N)CCC(Sc2ccc(C(C)C)cc2)C1. The van der Waals surface area contributed by atoms with Crippen LogP contribution >= 0.6 is 11.8 Å². The lowest BCUT2D eigenvalue weighted by Crippen LogP contribution is -2.47. The Bertz CT molecular complexity index is 486. The van der Waals surface area contributed by atoms with Crippen molar-refractivity contribution in [3.63, 3.8) is 0 Å². The maximum absolute atomic E-state index is 11.9. The summed E-state index contributed by atoms with van der Waals surface area (Å²) in [4.78, 5) is 13.2. The Morgan fingerprint density at radius 1 is 1.43 bits per heavy atom. The van der Waals surface area contributed by atoms with Gasteiger partial charge in [0.1, 0.15) is 5.54 Å². The summed E-state index contributed by atoms with van der Waals surface area (Å²) in [6.07, 6.45) is 2.38. The zero-order valence-corrected chi connectivity index (χ0v) is 13.9. The van der Waals surface area contributed by atoms with Crippen molar-refractivity contribution >= 4 is 17.7 Å². The Balaban J connectivity index is 1.94. The van der Waals surface area contributed by atoms with Gasteiger partial charge in [-0.05, 0) is 49.8 Å². The highest BCUT2D eigenvalue weighted by atomic mass is 32.2. The summed E-state index contributed by atoms with van der Waals surface area (Å²) >= 11 is 1.82. The molecule has 4 heteroatoms. The van der Waals surface area contributed by atoms with Gasteiger partial charge in [0.05, 0.1) is 6.61 Å². The molecule has 2 unspecified atom stereocenters. The van der Waals surface area contributed by atoms with Gasteiger partial charge < -0.3 is 10.5 Å². The minimum atomic E-state index is -0.786. The average Bonchev–Trinajstić information content (AvgIpc) is 2.82. The maximum Gasteiger partial charge on any atom is 0.326 e. The fraction of sp³-hybridized carbons (Fsp3) is 0.588. The molecule has 3 nitrogen and oxygen atoms in total. The summed E-state index contributed by atoms with van der Waals surface area (Å²) in [7, 11) is 0. The summed E-state index contributed by atoms with van der Waals surface area (Å²) in [5, 5.41) is 0.393. The number of thioether (sulfide) groups is 1. The van der Waals surface area contributed by atoms with E-state index in [1.165, 1.54) is 10.5 Å². The topological polar surface area (TPSA) is 52.3 Å². The number of carbonyl (C=O) groups excluding carboxylic acids is 1. The molecule has 116 valence electrons. The van der Waals surface area contributed by atoms with E-state index in [0.717, 1.165) is 6.42 Å². The molecule has 0 heterocycles. The van der Waals surface area contributed by atoms with Crippen molar-refractivity contribution in [1.29, 1.82) is 0 Å². The number of hydrogen-bond acceptors (Lipinski definition) is 4. The Labute approximate surface area is 131 Å². The van der Waals surface area contributed by atoms with Crippen molar-refractivity contribution in [3.8, 4) is 0 Å². The molecule has 0 aliphatic heterocycles. The number of rotatable bonds is 5. The maximum atomic E-state index is 11.9. The fourth-order valence-corrected chi connectivity index (χ4v) is 4.01. The summed E-state index contributed by atoms with van der Waals surface area (Å²) in [5.74, 6) is 0.305. The third-order valence-electron chi connectivity index (χ3n) is 4.04. The number of ether oxygens (including phenoxy) is 1. The second-order valence-corrected chi connectivity index (χ2v) is 7.46. The molecule has 1 aliphatic rings. The third-order valence-corrected chi connectivity index (χ3v) is 5.32. The van der Waals surface area contributed by atoms with Crippen LogP contribution in [0.2, 0.25) is 0 Å². The van der Waals surface area contributed by atoms with Crippen LogP contribution in [0.15, 0.2) is 29.2 Å². The highest BCUT2D eigenvalue weighted by Gasteiger charge is 2.43. The Hall–Kier alpha value is -1.00. The number of nitrogens with two attached hydrogens (primary N) is 1. The van der Waals surface area contributed by atoms with Gasteiger partial charge in [-0.3, -0.25) is 4.79 Å². The Kier molecular flexibility index (Phi) is 5.33. The van der Waals surface area contributed by atoms with Crippen LogP contribution < -0.4 is 5.73 Å². The molecule has 0 spiro atoms. The predicted molar refractivity (Wildman–Crippen MR) is 87.6 cm³/mol. The van der Waals surface area contributed by atoms with E-state index in [9.17, 15) is 4.79 Å². The first kappa shape index (κ1) is 16.4. The van der Waals surface area contributed by atoms with Gasteiger partial charge >= 0.3 is 5.97 Å². The predicted octanol–water partition coefficient (Wildman–Crippen LogP) is 3.72. The van der Waals surface area contributed by atoms with Gasteiger partial charge in [-0.15, -0.1) is 11.8 Å². The van der Waals surface area contributed by atoms with Gasteiger partial charge in [0.25, 0.3) is 0 Å². The van der Waals surface area contributed by atoms with Gasteiger partial charge in [-0.25, -0.2) is 0 Å². The van der Waals surface area contributed by atoms with Gasteiger partial charge in [0, 0.05) is 10.1 Å². The molecule has 1 fully saturated rings. The average molecular weight is 307 g/mol. The zero-order chi connectivity index (χ0) is 15.5. The van der Waals surface area contributed by atoms with E-state index in [-0.39, 0.29) is 5.97 Å². The number of benzene rings is 1. The molecule has 1 aliphatic carbocycles. The van der Waals surface area contributed by atoms with Crippen LogP contribution in [0.25, 0.3) is 0 Å². The van der Waals surface area contributed by atoms with Crippen molar-refractivity contribution in [1.82, 2.24) is 0 Å². The van der Waals surface area contributed by atoms with Gasteiger partial charge in [-0.1, -0.05) is 26.0 Å². The highest BCUT2D eigenvalue weighted by Crippen LogP contribution is 2.39. The van der Waals surface area contributed by atoms with E-state index in [1.54, 1.807) is 0 Å². The summed E-state index contributed by atoms with van der Waals surface area (Å²) in [6, 6.07) is 8.70. The first-order chi connectivity index (χ1) is 9.94. The molecule has 2 rings (SSSR count). The van der Waals surface area contributed by atoms with Crippen molar-refractivity contribution in [3.05, 3.63) is 29.8 Å². The molecule has 0 bridgehead atoms. The van der Waals surface area contributed by atoms with Crippen molar-refractivity contribution in [2.45, 2.75) is 61.6 Å². The summed E-state index contributed by atoms with van der Waals surface area (Å²) in [5.41, 5.74) is 6.77. The van der Waals surface area contributed by atoms with Gasteiger partial charge in [0.15, 0.2) is 0 Å². The van der Waals surface area contributed by atoms with Crippen LogP contribution in [-0.2, 0) is 9.53 Å². The molecule has 21 heavy (non-hydrogen) atoms.